The molecule has 1 heterocycles. The van der Waals surface area contributed by atoms with Gasteiger partial charge in [-0.25, -0.2) is 4.98 Å². The van der Waals surface area contributed by atoms with Crippen molar-refractivity contribution < 1.29 is 4.74 Å². The average Bonchev–Trinajstić information content (AvgIpc) is 3.12. The highest BCUT2D eigenvalue weighted by Crippen LogP contribution is 2.28. The Bertz CT molecular complexity index is 1060. The third-order valence-corrected chi connectivity index (χ3v) is 5.50. The highest BCUT2D eigenvalue weighted by Gasteiger charge is 2.13. The second kappa shape index (κ2) is 7.89. The summed E-state index contributed by atoms with van der Waals surface area (Å²) >= 11 is 0. The van der Waals surface area contributed by atoms with E-state index in [4.69, 9.17) is 9.72 Å². The van der Waals surface area contributed by atoms with Crippen LogP contribution in [-0.4, -0.2) is 16.7 Å². The molecule has 28 heavy (non-hydrogen) atoms. The molecule has 3 nitrogen and oxygen atoms in total. The maximum Gasteiger partial charge on any atom is 0.141 e. The molecule has 0 saturated carbocycles. The van der Waals surface area contributed by atoms with Crippen molar-refractivity contribution in [1.29, 1.82) is 0 Å². The van der Waals surface area contributed by atoms with E-state index in [1.807, 2.05) is 18.2 Å². The Morgan fingerprint density at radius 3 is 2.32 bits per heavy atom. The van der Waals surface area contributed by atoms with Gasteiger partial charge in [0.25, 0.3) is 0 Å². The average molecular weight is 370 g/mol. The van der Waals surface area contributed by atoms with Crippen molar-refractivity contribution in [2.75, 3.05) is 7.11 Å². The molecule has 0 spiro atoms. The largest absolute Gasteiger partial charge is 0.497 e. The second-order valence-corrected chi connectivity index (χ2v) is 7.29. The van der Waals surface area contributed by atoms with Crippen LogP contribution in [0.2, 0.25) is 0 Å². The number of benzene rings is 3. The molecule has 0 unspecified atom stereocenters. The van der Waals surface area contributed by atoms with Gasteiger partial charge in [-0.05, 0) is 59.9 Å². The topological polar surface area (TPSA) is 27.1 Å². The van der Waals surface area contributed by atoms with Crippen LogP contribution in [0.4, 0.5) is 0 Å². The highest BCUT2D eigenvalue weighted by molar-refractivity contribution is 5.80. The number of methoxy groups -OCH3 is 1. The SMILES string of the molecule is CC[C@@H](C)c1ccc(Cn2c(-c3ccc(OC)cc3)nc3ccccc32)cc1. The van der Waals surface area contributed by atoms with Gasteiger partial charge >= 0.3 is 0 Å². The van der Waals surface area contributed by atoms with E-state index in [0.717, 1.165) is 41.1 Å². The first-order chi connectivity index (χ1) is 13.7. The Kier molecular flexibility index (Phi) is 5.16. The molecule has 3 heteroatoms. The number of para-hydroxylation sites is 2. The summed E-state index contributed by atoms with van der Waals surface area (Å²) in [4.78, 5) is 4.92. The first kappa shape index (κ1) is 18.3. The predicted octanol–water partition coefficient (Wildman–Crippen LogP) is 6.27. The summed E-state index contributed by atoms with van der Waals surface area (Å²) in [5, 5.41) is 0. The lowest BCUT2D eigenvalue weighted by molar-refractivity contribution is 0.415. The van der Waals surface area contributed by atoms with Crippen molar-refractivity contribution in [3.05, 3.63) is 83.9 Å². The minimum Gasteiger partial charge on any atom is -0.497 e. The molecule has 0 aliphatic carbocycles. The van der Waals surface area contributed by atoms with Crippen molar-refractivity contribution >= 4 is 11.0 Å². The van der Waals surface area contributed by atoms with E-state index in [9.17, 15) is 0 Å². The summed E-state index contributed by atoms with van der Waals surface area (Å²) in [6.07, 6.45) is 1.16. The van der Waals surface area contributed by atoms with E-state index in [0.29, 0.717) is 5.92 Å². The second-order valence-electron chi connectivity index (χ2n) is 7.29. The zero-order valence-electron chi connectivity index (χ0n) is 16.7. The van der Waals surface area contributed by atoms with Crippen LogP contribution in [0.3, 0.4) is 0 Å². The molecule has 4 rings (SSSR count). The normalized spacial score (nSPS) is 12.2. The van der Waals surface area contributed by atoms with Crippen LogP contribution in [0.15, 0.2) is 72.8 Å². The van der Waals surface area contributed by atoms with Crippen LogP contribution in [0.1, 0.15) is 37.3 Å². The quantitative estimate of drug-likeness (QED) is 0.400. The lowest BCUT2D eigenvalue weighted by atomic mass is 9.97. The fraction of sp³-hybridized carbons (Fsp3) is 0.240. The highest BCUT2D eigenvalue weighted by atomic mass is 16.5. The number of aromatic nitrogens is 2. The Morgan fingerprint density at radius 2 is 1.64 bits per heavy atom. The lowest BCUT2D eigenvalue weighted by Gasteiger charge is -2.12. The van der Waals surface area contributed by atoms with Crippen LogP contribution < -0.4 is 4.74 Å². The summed E-state index contributed by atoms with van der Waals surface area (Å²) in [5.74, 6) is 2.43. The summed E-state index contributed by atoms with van der Waals surface area (Å²) in [5.41, 5.74) is 5.94. The minimum absolute atomic E-state index is 0.595. The molecule has 0 saturated heterocycles. The monoisotopic (exact) mass is 370 g/mol. The van der Waals surface area contributed by atoms with Gasteiger partial charge in [0.1, 0.15) is 11.6 Å². The Hall–Kier alpha value is -3.07. The van der Waals surface area contributed by atoms with Crippen molar-refractivity contribution in [3.63, 3.8) is 0 Å². The maximum atomic E-state index is 5.30. The molecular formula is C25H26N2O. The van der Waals surface area contributed by atoms with Crippen LogP contribution in [0.25, 0.3) is 22.4 Å². The van der Waals surface area contributed by atoms with Gasteiger partial charge in [-0.1, -0.05) is 50.2 Å². The molecule has 0 amide bonds. The number of hydrogen-bond donors (Lipinski definition) is 0. The molecule has 1 atom stereocenters. The molecule has 0 radical (unpaired) electrons. The standard InChI is InChI=1S/C25H26N2O/c1-4-18(2)20-11-9-19(10-12-20)17-27-24-8-6-5-7-23(24)26-25(27)21-13-15-22(28-3)16-14-21/h5-16,18H,4,17H2,1-3H3/t18-/m1/s1. The molecule has 3 aromatic carbocycles. The number of fused-ring (bicyclic) bond motifs is 1. The molecule has 0 N–H and O–H groups in total. The van der Waals surface area contributed by atoms with Crippen molar-refractivity contribution in [3.8, 4) is 17.1 Å². The summed E-state index contributed by atoms with van der Waals surface area (Å²) in [6.45, 7) is 5.31. The van der Waals surface area contributed by atoms with E-state index < -0.39 is 0 Å². The molecule has 1 aromatic heterocycles. The van der Waals surface area contributed by atoms with Gasteiger partial charge in [0.2, 0.25) is 0 Å². The number of hydrogen-bond acceptors (Lipinski definition) is 2. The Balaban J connectivity index is 1.74. The van der Waals surface area contributed by atoms with E-state index in [1.54, 1.807) is 7.11 Å². The van der Waals surface area contributed by atoms with E-state index >= 15 is 0 Å². The van der Waals surface area contributed by atoms with Gasteiger partial charge in [-0.15, -0.1) is 0 Å². The number of imidazole rings is 1. The zero-order valence-corrected chi connectivity index (χ0v) is 16.7. The van der Waals surface area contributed by atoms with Gasteiger partial charge in [0.15, 0.2) is 0 Å². The molecular weight excluding hydrogens is 344 g/mol. The summed E-state index contributed by atoms with van der Waals surface area (Å²) < 4.78 is 7.60. The van der Waals surface area contributed by atoms with Gasteiger partial charge in [-0.3, -0.25) is 0 Å². The lowest BCUT2D eigenvalue weighted by Crippen LogP contribution is -2.03. The van der Waals surface area contributed by atoms with Crippen molar-refractivity contribution in [2.45, 2.75) is 32.7 Å². The number of nitrogens with zero attached hydrogens (tertiary/aromatic N) is 2. The molecule has 0 fully saturated rings. The first-order valence-corrected chi connectivity index (χ1v) is 9.88. The Labute approximate surface area is 166 Å². The maximum absolute atomic E-state index is 5.30. The van der Waals surface area contributed by atoms with Crippen LogP contribution in [-0.2, 0) is 6.54 Å². The predicted molar refractivity (Wildman–Crippen MR) is 116 cm³/mol. The molecule has 0 bridgehead atoms. The zero-order chi connectivity index (χ0) is 19.5. The molecule has 142 valence electrons. The molecule has 4 aromatic rings. The van der Waals surface area contributed by atoms with Crippen molar-refractivity contribution in [1.82, 2.24) is 9.55 Å². The van der Waals surface area contributed by atoms with Crippen LogP contribution in [0.5, 0.6) is 5.75 Å². The molecule has 0 aliphatic rings. The Morgan fingerprint density at radius 1 is 0.929 bits per heavy atom. The van der Waals surface area contributed by atoms with Crippen LogP contribution >= 0.6 is 0 Å². The third-order valence-electron chi connectivity index (χ3n) is 5.50. The van der Waals surface area contributed by atoms with E-state index in [2.05, 4.69) is 73.0 Å². The smallest absolute Gasteiger partial charge is 0.141 e. The van der Waals surface area contributed by atoms with Gasteiger partial charge in [-0.2, -0.15) is 0 Å². The fourth-order valence-electron chi connectivity index (χ4n) is 3.57. The van der Waals surface area contributed by atoms with Gasteiger partial charge in [0.05, 0.1) is 18.1 Å². The first-order valence-electron chi connectivity index (χ1n) is 9.88. The van der Waals surface area contributed by atoms with Gasteiger partial charge < -0.3 is 9.30 Å². The number of ether oxygens (including phenoxy) is 1. The summed E-state index contributed by atoms with van der Waals surface area (Å²) in [7, 11) is 1.69. The van der Waals surface area contributed by atoms with E-state index in [1.165, 1.54) is 11.1 Å². The van der Waals surface area contributed by atoms with E-state index in [-0.39, 0.29) is 0 Å². The third kappa shape index (κ3) is 3.53. The number of rotatable bonds is 6. The van der Waals surface area contributed by atoms with Gasteiger partial charge in [0, 0.05) is 12.1 Å². The minimum atomic E-state index is 0.595. The molecule has 0 aliphatic heterocycles. The fourth-order valence-corrected chi connectivity index (χ4v) is 3.57. The van der Waals surface area contributed by atoms with Crippen LogP contribution in [0, 0.1) is 0 Å². The van der Waals surface area contributed by atoms with Crippen molar-refractivity contribution in [2.24, 2.45) is 0 Å². The summed E-state index contributed by atoms with van der Waals surface area (Å²) in [6, 6.07) is 25.5.